The van der Waals surface area contributed by atoms with Gasteiger partial charge in [0.2, 0.25) is 0 Å². The Hall–Kier alpha value is -1.33. The Morgan fingerprint density at radius 2 is 2.39 bits per heavy atom. The number of rotatable bonds is 5. The molecule has 2 N–H and O–H groups in total. The van der Waals surface area contributed by atoms with Crippen LogP contribution in [0, 0.1) is 0 Å². The third-order valence-corrected chi connectivity index (χ3v) is 2.99. The van der Waals surface area contributed by atoms with Crippen molar-refractivity contribution >= 4 is 11.5 Å². The van der Waals surface area contributed by atoms with Crippen molar-refractivity contribution in [3.8, 4) is 0 Å². The molecule has 1 aromatic rings. The summed E-state index contributed by atoms with van der Waals surface area (Å²) in [4.78, 5) is 6.54. The molecule has 0 amide bonds. The Labute approximate surface area is 109 Å². The molecule has 1 aliphatic heterocycles. The molecule has 5 heteroatoms. The van der Waals surface area contributed by atoms with Crippen molar-refractivity contribution in [3.63, 3.8) is 0 Å². The van der Waals surface area contributed by atoms with Gasteiger partial charge in [0.1, 0.15) is 5.82 Å². The number of anilines is 2. The molecule has 0 saturated carbocycles. The Morgan fingerprint density at radius 1 is 1.50 bits per heavy atom. The van der Waals surface area contributed by atoms with E-state index < -0.39 is 0 Å². The molecular weight excluding hydrogens is 228 g/mol. The Kier molecular flexibility index (Phi) is 4.78. The average molecular weight is 250 g/mol. The number of hydrogen-bond acceptors (Lipinski definition) is 5. The van der Waals surface area contributed by atoms with Gasteiger partial charge in [-0.25, -0.2) is 4.98 Å². The first-order valence-corrected chi connectivity index (χ1v) is 6.52. The molecule has 0 aromatic carbocycles. The van der Waals surface area contributed by atoms with Crippen LogP contribution in [0.3, 0.4) is 0 Å². The molecule has 1 aliphatic rings. The van der Waals surface area contributed by atoms with Gasteiger partial charge >= 0.3 is 0 Å². The zero-order valence-corrected chi connectivity index (χ0v) is 11.1. The quantitative estimate of drug-likeness (QED) is 0.824. The summed E-state index contributed by atoms with van der Waals surface area (Å²) in [6.45, 7) is 6.61. The number of nitrogens with zero attached hydrogens (tertiary/aromatic N) is 2. The van der Waals surface area contributed by atoms with Crippen molar-refractivity contribution in [1.82, 2.24) is 9.88 Å². The van der Waals surface area contributed by atoms with Crippen LogP contribution in [0.1, 0.15) is 6.92 Å². The van der Waals surface area contributed by atoms with Crippen LogP contribution >= 0.6 is 0 Å². The molecule has 2 heterocycles. The van der Waals surface area contributed by atoms with Crippen LogP contribution in [0.2, 0.25) is 0 Å². The van der Waals surface area contributed by atoms with Crippen LogP contribution < -0.4 is 10.6 Å². The van der Waals surface area contributed by atoms with Gasteiger partial charge < -0.3 is 20.3 Å². The van der Waals surface area contributed by atoms with Crippen LogP contribution in [0.5, 0.6) is 0 Å². The lowest BCUT2D eigenvalue weighted by molar-refractivity contribution is -0.0117. The summed E-state index contributed by atoms with van der Waals surface area (Å²) in [6, 6.07) is 4.00. The standard InChI is InChI=1S/C13H22N4O/c1-3-14-13-8-11(4-5-15-13)16-9-12-10-17(2)6-7-18-12/h4-5,8,12H,3,6-7,9-10H2,1-2H3,(H2,14,15,16). The number of hydrogen-bond donors (Lipinski definition) is 2. The zero-order chi connectivity index (χ0) is 12.8. The van der Waals surface area contributed by atoms with Crippen LogP contribution in [-0.4, -0.2) is 55.8 Å². The second kappa shape index (κ2) is 6.56. The lowest BCUT2D eigenvalue weighted by Crippen LogP contribution is -2.43. The van der Waals surface area contributed by atoms with Crippen molar-refractivity contribution in [3.05, 3.63) is 18.3 Å². The van der Waals surface area contributed by atoms with Gasteiger partial charge in [0, 0.05) is 44.1 Å². The number of morpholine rings is 1. The van der Waals surface area contributed by atoms with Gasteiger partial charge in [-0.3, -0.25) is 0 Å². The lowest BCUT2D eigenvalue weighted by atomic mass is 10.2. The SMILES string of the molecule is CCNc1cc(NCC2CN(C)CCO2)ccn1. The highest BCUT2D eigenvalue weighted by Crippen LogP contribution is 2.12. The molecule has 0 radical (unpaired) electrons. The monoisotopic (exact) mass is 250 g/mol. The van der Waals surface area contributed by atoms with Crippen molar-refractivity contribution in [1.29, 1.82) is 0 Å². The number of likely N-dealkylation sites (N-methyl/N-ethyl adjacent to an activating group) is 1. The van der Waals surface area contributed by atoms with E-state index in [1.54, 1.807) is 0 Å². The second-order valence-electron chi connectivity index (χ2n) is 4.60. The largest absolute Gasteiger partial charge is 0.382 e. The van der Waals surface area contributed by atoms with Crippen molar-refractivity contribution < 1.29 is 4.74 Å². The molecule has 1 aromatic heterocycles. The van der Waals surface area contributed by atoms with Gasteiger partial charge in [-0.15, -0.1) is 0 Å². The fourth-order valence-corrected chi connectivity index (χ4v) is 2.04. The maximum absolute atomic E-state index is 5.71. The first kappa shape index (κ1) is 13.1. The number of pyridine rings is 1. The predicted octanol–water partition coefficient (Wildman–Crippen LogP) is 1.26. The molecule has 18 heavy (non-hydrogen) atoms. The van der Waals surface area contributed by atoms with E-state index in [1.807, 2.05) is 18.3 Å². The van der Waals surface area contributed by atoms with E-state index in [4.69, 9.17) is 4.74 Å². The Bertz CT molecular complexity index is 372. The van der Waals surface area contributed by atoms with E-state index in [-0.39, 0.29) is 6.10 Å². The minimum atomic E-state index is 0.263. The maximum Gasteiger partial charge on any atom is 0.127 e. The zero-order valence-electron chi connectivity index (χ0n) is 11.1. The van der Waals surface area contributed by atoms with Crippen LogP contribution in [0.4, 0.5) is 11.5 Å². The van der Waals surface area contributed by atoms with Crippen LogP contribution in [0.15, 0.2) is 18.3 Å². The van der Waals surface area contributed by atoms with E-state index in [0.29, 0.717) is 0 Å². The summed E-state index contributed by atoms with van der Waals surface area (Å²) in [6.07, 6.45) is 2.08. The van der Waals surface area contributed by atoms with Gasteiger partial charge in [-0.05, 0) is 20.0 Å². The minimum absolute atomic E-state index is 0.263. The molecule has 1 atom stereocenters. The van der Waals surface area contributed by atoms with E-state index in [0.717, 1.165) is 44.3 Å². The smallest absolute Gasteiger partial charge is 0.127 e. The Morgan fingerprint density at radius 3 is 3.17 bits per heavy atom. The van der Waals surface area contributed by atoms with Gasteiger partial charge in [0.25, 0.3) is 0 Å². The summed E-state index contributed by atoms with van der Waals surface area (Å²) < 4.78 is 5.71. The number of ether oxygens (including phenoxy) is 1. The average Bonchev–Trinajstić information content (AvgIpc) is 2.37. The molecule has 100 valence electrons. The third kappa shape index (κ3) is 3.85. The normalized spacial score (nSPS) is 20.7. The minimum Gasteiger partial charge on any atom is -0.382 e. The molecule has 1 saturated heterocycles. The third-order valence-electron chi connectivity index (χ3n) is 2.99. The predicted molar refractivity (Wildman–Crippen MR) is 74.1 cm³/mol. The summed E-state index contributed by atoms with van der Waals surface area (Å²) >= 11 is 0. The Balaban J connectivity index is 1.83. The lowest BCUT2D eigenvalue weighted by Gasteiger charge is -2.30. The van der Waals surface area contributed by atoms with Crippen molar-refractivity contribution in [2.75, 3.05) is 50.5 Å². The fraction of sp³-hybridized carbons (Fsp3) is 0.615. The molecule has 2 rings (SSSR count). The maximum atomic E-state index is 5.71. The van der Waals surface area contributed by atoms with E-state index in [2.05, 4.69) is 34.5 Å². The number of aromatic nitrogens is 1. The highest BCUT2D eigenvalue weighted by molar-refractivity contribution is 5.51. The van der Waals surface area contributed by atoms with Gasteiger partial charge in [-0.2, -0.15) is 0 Å². The topological polar surface area (TPSA) is 49.4 Å². The molecule has 1 fully saturated rings. The van der Waals surface area contributed by atoms with Crippen LogP contribution in [0.25, 0.3) is 0 Å². The summed E-state index contributed by atoms with van der Waals surface area (Å²) in [5.41, 5.74) is 1.08. The van der Waals surface area contributed by atoms with Gasteiger partial charge in [0.05, 0.1) is 12.7 Å². The van der Waals surface area contributed by atoms with E-state index in [1.165, 1.54) is 0 Å². The fourth-order valence-electron chi connectivity index (χ4n) is 2.04. The van der Waals surface area contributed by atoms with Crippen molar-refractivity contribution in [2.45, 2.75) is 13.0 Å². The molecular formula is C13H22N4O. The first-order chi connectivity index (χ1) is 8.78. The molecule has 5 nitrogen and oxygen atoms in total. The second-order valence-corrected chi connectivity index (χ2v) is 4.60. The highest BCUT2D eigenvalue weighted by atomic mass is 16.5. The molecule has 0 spiro atoms. The van der Waals surface area contributed by atoms with Crippen molar-refractivity contribution in [2.24, 2.45) is 0 Å². The highest BCUT2D eigenvalue weighted by Gasteiger charge is 2.17. The molecule has 1 unspecified atom stereocenters. The summed E-state index contributed by atoms with van der Waals surface area (Å²) in [7, 11) is 2.13. The van der Waals surface area contributed by atoms with Gasteiger partial charge in [0.15, 0.2) is 0 Å². The number of nitrogens with one attached hydrogen (secondary N) is 2. The van der Waals surface area contributed by atoms with E-state index >= 15 is 0 Å². The van der Waals surface area contributed by atoms with E-state index in [9.17, 15) is 0 Å². The summed E-state index contributed by atoms with van der Waals surface area (Å²) in [5.74, 6) is 0.907. The van der Waals surface area contributed by atoms with Crippen LogP contribution in [-0.2, 0) is 4.74 Å². The van der Waals surface area contributed by atoms with Gasteiger partial charge in [-0.1, -0.05) is 0 Å². The molecule has 0 aliphatic carbocycles. The summed E-state index contributed by atoms with van der Waals surface area (Å²) in [5, 5.41) is 6.60. The molecule has 0 bridgehead atoms. The first-order valence-electron chi connectivity index (χ1n) is 6.52.